The van der Waals surface area contributed by atoms with Crippen LogP contribution in [0.3, 0.4) is 0 Å². The monoisotopic (exact) mass is 346 g/mol. The molecule has 132 valence electrons. The summed E-state index contributed by atoms with van der Waals surface area (Å²) >= 11 is 0. The molecule has 4 nitrogen and oxygen atoms in total. The molecule has 1 N–H and O–H groups in total. The van der Waals surface area contributed by atoms with Crippen molar-refractivity contribution in [2.75, 3.05) is 5.32 Å². The van der Waals surface area contributed by atoms with Crippen molar-refractivity contribution < 1.29 is 9.53 Å². The van der Waals surface area contributed by atoms with E-state index in [0.29, 0.717) is 12.2 Å². The Kier molecular flexibility index (Phi) is 5.32. The van der Waals surface area contributed by atoms with Crippen LogP contribution in [-0.2, 0) is 6.61 Å². The molecule has 0 aliphatic carbocycles. The Bertz CT molecular complexity index is 897. The molecule has 0 aliphatic rings. The number of aromatic nitrogens is 1. The molecule has 0 saturated carbocycles. The quantitative estimate of drug-likeness (QED) is 0.719. The van der Waals surface area contributed by atoms with Gasteiger partial charge in [0.1, 0.15) is 12.4 Å². The molecular weight excluding hydrogens is 324 g/mol. The van der Waals surface area contributed by atoms with Crippen LogP contribution >= 0.6 is 0 Å². The first-order chi connectivity index (χ1) is 12.5. The van der Waals surface area contributed by atoms with Gasteiger partial charge in [-0.2, -0.15) is 0 Å². The second-order valence-corrected chi connectivity index (χ2v) is 6.41. The minimum atomic E-state index is -0.124. The van der Waals surface area contributed by atoms with Crippen LogP contribution in [-0.4, -0.2) is 10.9 Å². The molecule has 4 heteroatoms. The molecule has 0 unspecified atom stereocenters. The zero-order valence-electron chi connectivity index (χ0n) is 15.2. The molecule has 26 heavy (non-hydrogen) atoms. The van der Waals surface area contributed by atoms with E-state index in [1.54, 1.807) is 12.4 Å². The Hall–Kier alpha value is -3.14. The molecule has 0 atom stereocenters. The Morgan fingerprint density at radius 2 is 1.81 bits per heavy atom. The Morgan fingerprint density at radius 3 is 2.46 bits per heavy atom. The number of rotatable bonds is 5. The van der Waals surface area contributed by atoms with E-state index in [1.165, 1.54) is 0 Å². The molecule has 0 saturated heterocycles. The van der Waals surface area contributed by atoms with Crippen LogP contribution in [0.2, 0.25) is 0 Å². The summed E-state index contributed by atoms with van der Waals surface area (Å²) in [5, 5.41) is 2.94. The number of carbonyl (C=O) groups excluding carboxylic acids is 1. The van der Waals surface area contributed by atoms with Gasteiger partial charge in [-0.25, -0.2) is 0 Å². The number of benzene rings is 2. The summed E-state index contributed by atoms with van der Waals surface area (Å²) in [6.07, 6.45) is 3.52. The molecule has 3 rings (SSSR count). The van der Waals surface area contributed by atoms with E-state index in [2.05, 4.69) is 10.3 Å². The predicted octanol–water partition coefficient (Wildman–Crippen LogP) is 4.84. The Morgan fingerprint density at radius 1 is 1.04 bits per heavy atom. The molecule has 1 amide bonds. The van der Waals surface area contributed by atoms with E-state index >= 15 is 0 Å². The standard InChI is InChI=1S/C22H22N2O2/c1-15-6-4-8-20(10-15)24-22(25)19-11-16(2)21(17(3)12-19)26-14-18-7-5-9-23-13-18/h4-13H,14H2,1-3H3,(H,24,25). The van der Waals surface area contributed by atoms with Gasteiger partial charge in [0.2, 0.25) is 0 Å². The normalized spacial score (nSPS) is 10.4. The van der Waals surface area contributed by atoms with Crippen LogP contribution in [0.1, 0.15) is 32.6 Å². The van der Waals surface area contributed by atoms with Gasteiger partial charge in [-0.3, -0.25) is 9.78 Å². The minimum absolute atomic E-state index is 0.124. The third-order valence-corrected chi connectivity index (χ3v) is 4.10. The first-order valence-corrected chi connectivity index (χ1v) is 8.54. The lowest BCUT2D eigenvalue weighted by molar-refractivity contribution is 0.102. The maximum Gasteiger partial charge on any atom is 0.255 e. The molecule has 0 spiro atoms. The molecule has 0 bridgehead atoms. The van der Waals surface area contributed by atoms with Gasteiger partial charge in [0.25, 0.3) is 5.91 Å². The predicted molar refractivity (Wildman–Crippen MR) is 104 cm³/mol. The fraction of sp³-hybridized carbons (Fsp3) is 0.182. The van der Waals surface area contributed by atoms with Gasteiger partial charge in [0.15, 0.2) is 0 Å². The summed E-state index contributed by atoms with van der Waals surface area (Å²) in [7, 11) is 0. The summed E-state index contributed by atoms with van der Waals surface area (Å²) in [6, 6.07) is 15.3. The van der Waals surface area contributed by atoms with E-state index in [0.717, 1.165) is 33.7 Å². The number of ether oxygens (including phenoxy) is 1. The smallest absolute Gasteiger partial charge is 0.255 e. The molecule has 1 aromatic heterocycles. The molecular formula is C22H22N2O2. The average molecular weight is 346 g/mol. The number of nitrogens with zero attached hydrogens (tertiary/aromatic N) is 1. The third kappa shape index (κ3) is 4.28. The second-order valence-electron chi connectivity index (χ2n) is 6.41. The number of amides is 1. The molecule has 1 heterocycles. The van der Waals surface area contributed by atoms with Crippen LogP contribution in [0.15, 0.2) is 60.9 Å². The zero-order valence-corrected chi connectivity index (χ0v) is 15.2. The van der Waals surface area contributed by atoms with Crippen LogP contribution in [0, 0.1) is 20.8 Å². The van der Waals surface area contributed by atoms with Gasteiger partial charge >= 0.3 is 0 Å². The first kappa shape index (κ1) is 17.7. The molecule has 2 aromatic carbocycles. The van der Waals surface area contributed by atoms with Crippen molar-refractivity contribution in [3.05, 3.63) is 88.7 Å². The van der Waals surface area contributed by atoms with Crippen molar-refractivity contribution in [3.63, 3.8) is 0 Å². The molecule has 0 radical (unpaired) electrons. The van der Waals surface area contributed by atoms with Crippen molar-refractivity contribution in [1.82, 2.24) is 4.98 Å². The zero-order chi connectivity index (χ0) is 18.5. The lowest BCUT2D eigenvalue weighted by Gasteiger charge is -2.14. The lowest BCUT2D eigenvalue weighted by atomic mass is 10.0. The number of hydrogen-bond acceptors (Lipinski definition) is 3. The number of nitrogens with one attached hydrogen (secondary N) is 1. The van der Waals surface area contributed by atoms with Crippen molar-refractivity contribution in [2.45, 2.75) is 27.4 Å². The van der Waals surface area contributed by atoms with Gasteiger partial charge in [-0.15, -0.1) is 0 Å². The van der Waals surface area contributed by atoms with Crippen LogP contribution in [0.4, 0.5) is 5.69 Å². The van der Waals surface area contributed by atoms with Crippen molar-refractivity contribution >= 4 is 11.6 Å². The summed E-state index contributed by atoms with van der Waals surface area (Å²) in [6.45, 7) is 6.35. The summed E-state index contributed by atoms with van der Waals surface area (Å²) in [5.41, 5.74) is 5.39. The highest BCUT2D eigenvalue weighted by atomic mass is 16.5. The van der Waals surface area contributed by atoms with Gasteiger partial charge in [0, 0.05) is 29.2 Å². The van der Waals surface area contributed by atoms with E-state index in [4.69, 9.17) is 4.74 Å². The van der Waals surface area contributed by atoms with Gasteiger partial charge in [-0.1, -0.05) is 18.2 Å². The highest BCUT2D eigenvalue weighted by Crippen LogP contribution is 2.26. The molecule has 3 aromatic rings. The van der Waals surface area contributed by atoms with Gasteiger partial charge < -0.3 is 10.1 Å². The SMILES string of the molecule is Cc1cccc(NC(=O)c2cc(C)c(OCc3cccnc3)c(C)c2)c1. The van der Waals surface area contributed by atoms with Crippen LogP contribution in [0.5, 0.6) is 5.75 Å². The summed E-state index contributed by atoms with van der Waals surface area (Å²) < 4.78 is 5.95. The largest absolute Gasteiger partial charge is 0.488 e. The highest BCUT2D eigenvalue weighted by molar-refractivity contribution is 6.04. The molecule has 0 aliphatic heterocycles. The number of hydrogen-bond donors (Lipinski definition) is 1. The van der Waals surface area contributed by atoms with Gasteiger partial charge in [-0.05, 0) is 67.8 Å². The number of aryl methyl sites for hydroxylation is 3. The number of pyridine rings is 1. The lowest BCUT2D eigenvalue weighted by Crippen LogP contribution is -2.13. The summed E-state index contributed by atoms with van der Waals surface area (Å²) in [4.78, 5) is 16.7. The van der Waals surface area contributed by atoms with Crippen LogP contribution in [0.25, 0.3) is 0 Å². The van der Waals surface area contributed by atoms with E-state index in [-0.39, 0.29) is 5.91 Å². The molecule has 0 fully saturated rings. The topological polar surface area (TPSA) is 51.2 Å². The maximum absolute atomic E-state index is 12.6. The number of carbonyl (C=O) groups is 1. The highest BCUT2D eigenvalue weighted by Gasteiger charge is 2.12. The van der Waals surface area contributed by atoms with E-state index < -0.39 is 0 Å². The average Bonchev–Trinajstić information content (AvgIpc) is 2.61. The maximum atomic E-state index is 12.6. The third-order valence-electron chi connectivity index (χ3n) is 4.10. The first-order valence-electron chi connectivity index (χ1n) is 8.54. The van der Waals surface area contributed by atoms with Crippen molar-refractivity contribution in [2.24, 2.45) is 0 Å². The summed E-state index contributed by atoms with van der Waals surface area (Å²) in [5.74, 6) is 0.682. The Balaban J connectivity index is 1.75. The fourth-order valence-corrected chi connectivity index (χ4v) is 2.87. The van der Waals surface area contributed by atoms with E-state index in [9.17, 15) is 4.79 Å². The number of anilines is 1. The minimum Gasteiger partial charge on any atom is -0.488 e. The van der Waals surface area contributed by atoms with Crippen molar-refractivity contribution in [1.29, 1.82) is 0 Å². The van der Waals surface area contributed by atoms with E-state index in [1.807, 2.05) is 69.3 Å². The van der Waals surface area contributed by atoms with Crippen molar-refractivity contribution in [3.8, 4) is 5.75 Å². The van der Waals surface area contributed by atoms with Gasteiger partial charge in [0.05, 0.1) is 0 Å². The Labute approximate surface area is 153 Å². The second kappa shape index (κ2) is 7.83. The van der Waals surface area contributed by atoms with Crippen LogP contribution < -0.4 is 10.1 Å². The fourth-order valence-electron chi connectivity index (χ4n) is 2.87.